The van der Waals surface area contributed by atoms with Crippen LogP contribution in [-0.2, 0) is 4.74 Å². The summed E-state index contributed by atoms with van der Waals surface area (Å²) in [7, 11) is 0. The van der Waals surface area contributed by atoms with Crippen LogP contribution in [0.25, 0.3) is 0 Å². The topological polar surface area (TPSA) is 52.9 Å². The largest absolute Gasteiger partial charge is 0.396 e. The Bertz CT molecular complexity index is 246. The molecule has 1 saturated heterocycles. The molecule has 1 aliphatic heterocycles. The van der Waals surface area contributed by atoms with Gasteiger partial charge in [0.2, 0.25) is 0 Å². The zero-order valence-corrected chi connectivity index (χ0v) is 12.0. The molecule has 1 aliphatic carbocycles. The first kappa shape index (κ1) is 15.2. The second-order valence-electron chi connectivity index (χ2n) is 6.29. The van der Waals surface area contributed by atoms with E-state index in [1.165, 1.54) is 32.1 Å². The molecule has 2 rings (SSSR count). The minimum absolute atomic E-state index is 0.119. The van der Waals surface area contributed by atoms with Crippen LogP contribution in [0.4, 0.5) is 0 Å². The molecule has 0 aromatic carbocycles. The van der Waals surface area contributed by atoms with E-state index in [0.29, 0.717) is 19.3 Å². The molecular formula is C15H29NO3. The Morgan fingerprint density at radius 1 is 1.05 bits per heavy atom. The zero-order valence-electron chi connectivity index (χ0n) is 12.0. The fraction of sp³-hybridized carbons (Fsp3) is 1.00. The summed E-state index contributed by atoms with van der Waals surface area (Å²) in [4.78, 5) is 2.50. The van der Waals surface area contributed by atoms with Gasteiger partial charge in [0, 0.05) is 31.7 Å². The van der Waals surface area contributed by atoms with Gasteiger partial charge in [-0.1, -0.05) is 19.3 Å². The summed E-state index contributed by atoms with van der Waals surface area (Å²) in [5.41, 5.74) is 0.164. The van der Waals surface area contributed by atoms with Crippen molar-refractivity contribution < 1.29 is 14.9 Å². The Morgan fingerprint density at radius 3 is 2.32 bits per heavy atom. The Morgan fingerprint density at radius 2 is 1.74 bits per heavy atom. The summed E-state index contributed by atoms with van der Waals surface area (Å²) in [6.45, 7) is 4.11. The van der Waals surface area contributed by atoms with Crippen molar-refractivity contribution in [1.29, 1.82) is 0 Å². The fourth-order valence-corrected chi connectivity index (χ4v) is 3.60. The molecule has 2 fully saturated rings. The molecule has 112 valence electrons. The average molecular weight is 271 g/mol. The number of hydrogen-bond acceptors (Lipinski definition) is 4. The standard InChI is InChI=1S/C15H29NO3/c17-10-11-19-14-4-8-16(9-5-14)12-15(13-18)6-2-1-3-7-15/h14,17-18H,1-13H2. The lowest BCUT2D eigenvalue weighted by atomic mass is 9.74. The lowest BCUT2D eigenvalue weighted by Crippen LogP contribution is -2.46. The minimum Gasteiger partial charge on any atom is -0.396 e. The first-order chi connectivity index (χ1) is 9.28. The van der Waals surface area contributed by atoms with Gasteiger partial charge < -0.3 is 19.8 Å². The lowest BCUT2D eigenvalue weighted by Gasteiger charge is -2.42. The Hall–Kier alpha value is -0.160. The minimum atomic E-state index is 0.119. The van der Waals surface area contributed by atoms with Crippen LogP contribution in [0.1, 0.15) is 44.9 Å². The molecule has 4 heteroatoms. The highest BCUT2D eigenvalue weighted by molar-refractivity contribution is 4.87. The zero-order chi connectivity index (χ0) is 13.6. The lowest BCUT2D eigenvalue weighted by molar-refractivity contribution is -0.0251. The van der Waals surface area contributed by atoms with E-state index in [-0.39, 0.29) is 12.0 Å². The van der Waals surface area contributed by atoms with E-state index >= 15 is 0 Å². The monoisotopic (exact) mass is 271 g/mol. The van der Waals surface area contributed by atoms with Gasteiger partial charge in [0.15, 0.2) is 0 Å². The van der Waals surface area contributed by atoms with E-state index in [9.17, 15) is 5.11 Å². The number of nitrogens with zero attached hydrogens (tertiary/aromatic N) is 1. The molecular weight excluding hydrogens is 242 g/mol. The number of piperidine rings is 1. The van der Waals surface area contributed by atoms with Crippen molar-refractivity contribution >= 4 is 0 Å². The number of rotatable bonds is 6. The third-order valence-electron chi connectivity index (χ3n) is 4.79. The highest BCUT2D eigenvalue weighted by Crippen LogP contribution is 2.37. The van der Waals surface area contributed by atoms with Crippen molar-refractivity contribution in [1.82, 2.24) is 4.90 Å². The summed E-state index contributed by atoms with van der Waals surface area (Å²) < 4.78 is 5.60. The molecule has 0 bridgehead atoms. The molecule has 1 saturated carbocycles. The maximum absolute atomic E-state index is 9.76. The van der Waals surface area contributed by atoms with Gasteiger partial charge in [-0.25, -0.2) is 0 Å². The van der Waals surface area contributed by atoms with Gasteiger partial charge in [0.25, 0.3) is 0 Å². The predicted octanol–water partition coefficient (Wildman–Crippen LogP) is 1.40. The number of aliphatic hydroxyl groups excluding tert-OH is 2. The first-order valence-electron chi connectivity index (χ1n) is 7.84. The molecule has 4 nitrogen and oxygen atoms in total. The summed E-state index contributed by atoms with van der Waals surface area (Å²) in [5.74, 6) is 0. The van der Waals surface area contributed by atoms with Crippen LogP contribution in [0.2, 0.25) is 0 Å². The smallest absolute Gasteiger partial charge is 0.0701 e. The molecule has 0 spiro atoms. The fourth-order valence-electron chi connectivity index (χ4n) is 3.60. The van der Waals surface area contributed by atoms with Crippen LogP contribution in [-0.4, -0.2) is 60.7 Å². The summed E-state index contributed by atoms with van der Waals surface area (Å²) >= 11 is 0. The van der Waals surface area contributed by atoms with Crippen LogP contribution in [0, 0.1) is 5.41 Å². The van der Waals surface area contributed by atoms with Gasteiger partial charge in [0.1, 0.15) is 0 Å². The molecule has 0 amide bonds. The molecule has 0 unspecified atom stereocenters. The van der Waals surface area contributed by atoms with Gasteiger partial charge in [-0.3, -0.25) is 0 Å². The van der Waals surface area contributed by atoms with E-state index in [0.717, 1.165) is 32.5 Å². The predicted molar refractivity (Wildman–Crippen MR) is 75.1 cm³/mol. The quantitative estimate of drug-likeness (QED) is 0.767. The van der Waals surface area contributed by atoms with E-state index < -0.39 is 0 Å². The van der Waals surface area contributed by atoms with Crippen LogP contribution in [0.3, 0.4) is 0 Å². The second kappa shape index (κ2) is 7.58. The molecule has 2 N–H and O–H groups in total. The molecule has 19 heavy (non-hydrogen) atoms. The van der Waals surface area contributed by atoms with Crippen molar-refractivity contribution in [3.8, 4) is 0 Å². The summed E-state index contributed by atoms with van der Waals surface area (Å²) in [6.07, 6.45) is 8.68. The number of hydrogen-bond donors (Lipinski definition) is 2. The highest BCUT2D eigenvalue weighted by atomic mass is 16.5. The molecule has 0 aromatic heterocycles. The molecule has 0 aromatic rings. The maximum atomic E-state index is 9.76. The van der Waals surface area contributed by atoms with Crippen molar-refractivity contribution in [2.75, 3.05) is 39.5 Å². The van der Waals surface area contributed by atoms with Crippen molar-refractivity contribution in [2.45, 2.75) is 51.0 Å². The van der Waals surface area contributed by atoms with Crippen LogP contribution in [0.5, 0.6) is 0 Å². The van der Waals surface area contributed by atoms with Gasteiger partial charge in [-0.15, -0.1) is 0 Å². The third kappa shape index (κ3) is 4.42. The molecule has 1 heterocycles. The Labute approximate surface area is 116 Å². The summed E-state index contributed by atoms with van der Waals surface area (Å²) in [5, 5.41) is 18.5. The van der Waals surface area contributed by atoms with Crippen molar-refractivity contribution in [2.24, 2.45) is 5.41 Å². The van der Waals surface area contributed by atoms with Crippen molar-refractivity contribution in [3.05, 3.63) is 0 Å². The number of likely N-dealkylation sites (tertiary alicyclic amines) is 1. The van der Waals surface area contributed by atoms with Gasteiger partial charge in [0.05, 0.1) is 19.3 Å². The van der Waals surface area contributed by atoms with Gasteiger partial charge >= 0.3 is 0 Å². The molecule has 2 aliphatic rings. The second-order valence-corrected chi connectivity index (χ2v) is 6.29. The normalized spacial score (nSPS) is 25.6. The Kier molecular flexibility index (Phi) is 6.07. The van der Waals surface area contributed by atoms with Crippen LogP contribution >= 0.6 is 0 Å². The average Bonchev–Trinajstić information content (AvgIpc) is 2.47. The Balaban J connectivity index is 1.74. The first-order valence-corrected chi connectivity index (χ1v) is 7.84. The maximum Gasteiger partial charge on any atom is 0.0701 e. The summed E-state index contributed by atoms with van der Waals surface area (Å²) in [6, 6.07) is 0. The van der Waals surface area contributed by atoms with Crippen LogP contribution in [0.15, 0.2) is 0 Å². The van der Waals surface area contributed by atoms with E-state index in [1.54, 1.807) is 0 Å². The van der Waals surface area contributed by atoms with Gasteiger partial charge in [-0.05, 0) is 25.7 Å². The van der Waals surface area contributed by atoms with E-state index in [4.69, 9.17) is 9.84 Å². The van der Waals surface area contributed by atoms with Gasteiger partial charge in [-0.2, -0.15) is 0 Å². The SMILES string of the molecule is OCCOC1CCN(CC2(CO)CCCCC2)CC1. The van der Waals surface area contributed by atoms with Crippen molar-refractivity contribution in [3.63, 3.8) is 0 Å². The number of aliphatic hydroxyl groups is 2. The van der Waals surface area contributed by atoms with E-state index in [2.05, 4.69) is 4.90 Å². The number of ether oxygens (including phenoxy) is 1. The highest BCUT2D eigenvalue weighted by Gasteiger charge is 2.34. The van der Waals surface area contributed by atoms with Crippen LogP contribution < -0.4 is 0 Å². The third-order valence-corrected chi connectivity index (χ3v) is 4.79. The van der Waals surface area contributed by atoms with E-state index in [1.807, 2.05) is 0 Å². The molecule has 0 atom stereocenters. The molecule has 0 radical (unpaired) electrons.